The number of esters is 1. The lowest BCUT2D eigenvalue weighted by Gasteiger charge is -2.31. The van der Waals surface area contributed by atoms with E-state index in [0.29, 0.717) is 30.2 Å². The Morgan fingerprint density at radius 2 is 1.71 bits per heavy atom. The van der Waals surface area contributed by atoms with Gasteiger partial charge in [-0.25, -0.2) is 4.98 Å². The van der Waals surface area contributed by atoms with E-state index in [1.165, 1.54) is 13.5 Å². The van der Waals surface area contributed by atoms with Crippen molar-refractivity contribution >= 4 is 11.9 Å². The van der Waals surface area contributed by atoms with Crippen molar-refractivity contribution < 1.29 is 9.53 Å². The fraction of sp³-hybridized carbons (Fsp3) is 0.414. The maximum Gasteiger partial charge on any atom is 0.313 e. The van der Waals surface area contributed by atoms with Gasteiger partial charge < -0.3 is 9.64 Å². The van der Waals surface area contributed by atoms with Crippen molar-refractivity contribution in [3.8, 4) is 11.3 Å². The summed E-state index contributed by atoms with van der Waals surface area (Å²) in [6, 6.07) is 18.0. The molecule has 4 rings (SSSR count). The fourth-order valence-electron chi connectivity index (χ4n) is 4.86. The molecule has 6 heteroatoms. The minimum absolute atomic E-state index is 0.163. The molecule has 0 radical (unpaired) electrons. The van der Waals surface area contributed by atoms with E-state index in [4.69, 9.17) is 9.72 Å². The van der Waals surface area contributed by atoms with Crippen molar-refractivity contribution in [3.05, 3.63) is 81.6 Å². The van der Waals surface area contributed by atoms with E-state index >= 15 is 0 Å². The number of aromatic nitrogens is 2. The van der Waals surface area contributed by atoms with Crippen LogP contribution in [0.5, 0.6) is 0 Å². The fourth-order valence-corrected chi connectivity index (χ4v) is 4.86. The SMILES string of the molecule is CCCC(C(=O)OC)c1c(-c2ccc(C)cc2)nc(N2CCCCC2)n(Cc2ccccc2)c1=O. The molecule has 1 aliphatic rings. The zero-order valence-corrected chi connectivity index (χ0v) is 21.0. The summed E-state index contributed by atoms with van der Waals surface area (Å²) in [7, 11) is 1.38. The van der Waals surface area contributed by atoms with Crippen LogP contribution in [0.25, 0.3) is 11.3 Å². The first-order valence-corrected chi connectivity index (χ1v) is 12.6. The molecule has 35 heavy (non-hydrogen) atoms. The molecule has 2 heterocycles. The van der Waals surface area contributed by atoms with Gasteiger partial charge in [0.25, 0.3) is 5.56 Å². The number of hydrogen-bond acceptors (Lipinski definition) is 5. The van der Waals surface area contributed by atoms with Gasteiger partial charge in [-0.05, 0) is 38.2 Å². The molecule has 0 N–H and O–H groups in total. The van der Waals surface area contributed by atoms with E-state index in [1.54, 1.807) is 4.57 Å². The number of benzene rings is 2. The van der Waals surface area contributed by atoms with Gasteiger partial charge in [0.15, 0.2) is 0 Å². The van der Waals surface area contributed by atoms with E-state index < -0.39 is 11.9 Å². The maximum absolute atomic E-state index is 14.3. The van der Waals surface area contributed by atoms with Crippen molar-refractivity contribution in [3.63, 3.8) is 0 Å². The predicted molar refractivity (Wildman–Crippen MR) is 140 cm³/mol. The Bertz CT molecular complexity index is 1200. The van der Waals surface area contributed by atoms with Gasteiger partial charge in [0.05, 0.1) is 30.8 Å². The lowest BCUT2D eigenvalue weighted by molar-refractivity contribution is -0.142. The number of nitrogens with zero attached hydrogens (tertiary/aromatic N) is 3. The average molecular weight is 474 g/mol. The molecule has 0 bridgehead atoms. The Labute approximate surface area is 207 Å². The van der Waals surface area contributed by atoms with E-state index in [1.807, 2.05) is 68.4 Å². The van der Waals surface area contributed by atoms with Crippen molar-refractivity contribution in [1.82, 2.24) is 9.55 Å². The molecule has 0 amide bonds. The molecule has 3 aromatic rings. The van der Waals surface area contributed by atoms with Crippen LogP contribution in [0.4, 0.5) is 5.95 Å². The first-order valence-electron chi connectivity index (χ1n) is 12.6. The highest BCUT2D eigenvalue weighted by atomic mass is 16.5. The molecule has 1 aromatic heterocycles. The highest BCUT2D eigenvalue weighted by Crippen LogP contribution is 2.32. The molecule has 1 atom stereocenters. The van der Waals surface area contributed by atoms with Crippen LogP contribution in [0.15, 0.2) is 59.4 Å². The molecular formula is C29H35N3O3. The summed E-state index contributed by atoms with van der Waals surface area (Å²) < 4.78 is 6.93. The number of methoxy groups -OCH3 is 1. The van der Waals surface area contributed by atoms with E-state index in [-0.39, 0.29) is 5.56 Å². The van der Waals surface area contributed by atoms with Crippen LogP contribution in [0.2, 0.25) is 0 Å². The average Bonchev–Trinajstić information content (AvgIpc) is 2.90. The number of hydrogen-bond donors (Lipinski definition) is 0. The standard InChI is InChI=1S/C29H35N3O3/c1-4-11-24(28(34)35-3)25-26(23-16-14-21(2)15-17-23)30-29(31-18-9-6-10-19-31)32(27(25)33)20-22-12-7-5-8-13-22/h5,7-8,12-17,24H,4,6,9-11,18-20H2,1-3H3. The van der Waals surface area contributed by atoms with Gasteiger partial charge in [-0.1, -0.05) is 73.5 Å². The molecule has 0 aliphatic carbocycles. The molecule has 1 saturated heterocycles. The number of piperidine rings is 1. The summed E-state index contributed by atoms with van der Waals surface area (Å²) in [4.78, 5) is 34.6. The Morgan fingerprint density at radius 3 is 2.34 bits per heavy atom. The van der Waals surface area contributed by atoms with Crippen LogP contribution in [0.1, 0.15) is 61.6 Å². The second-order valence-corrected chi connectivity index (χ2v) is 9.33. The first-order chi connectivity index (χ1) is 17.0. The molecule has 0 spiro atoms. The first kappa shape index (κ1) is 24.7. The third-order valence-corrected chi connectivity index (χ3v) is 6.74. The number of ether oxygens (including phenoxy) is 1. The van der Waals surface area contributed by atoms with Crippen molar-refractivity contribution in [1.29, 1.82) is 0 Å². The van der Waals surface area contributed by atoms with Gasteiger partial charge in [-0.2, -0.15) is 0 Å². The zero-order valence-electron chi connectivity index (χ0n) is 21.0. The molecule has 1 fully saturated rings. The highest BCUT2D eigenvalue weighted by Gasteiger charge is 2.31. The van der Waals surface area contributed by atoms with Gasteiger partial charge in [-0.15, -0.1) is 0 Å². The monoisotopic (exact) mass is 473 g/mol. The molecule has 6 nitrogen and oxygen atoms in total. The number of rotatable bonds is 8. The maximum atomic E-state index is 14.3. The van der Waals surface area contributed by atoms with Crippen LogP contribution < -0.4 is 10.5 Å². The number of anilines is 1. The van der Waals surface area contributed by atoms with Crippen molar-refractivity contribution in [2.24, 2.45) is 0 Å². The van der Waals surface area contributed by atoms with Gasteiger partial charge in [0, 0.05) is 18.7 Å². The molecule has 1 unspecified atom stereocenters. The predicted octanol–water partition coefficient (Wildman–Crippen LogP) is 5.31. The van der Waals surface area contributed by atoms with Crippen LogP contribution in [0, 0.1) is 6.92 Å². The van der Waals surface area contributed by atoms with Crippen molar-refractivity contribution in [2.75, 3.05) is 25.1 Å². The molecule has 2 aromatic carbocycles. The molecular weight excluding hydrogens is 438 g/mol. The number of carbonyl (C=O) groups excluding carboxylic acids is 1. The van der Waals surface area contributed by atoms with Gasteiger partial charge in [0.2, 0.25) is 5.95 Å². The normalized spacial score (nSPS) is 14.5. The van der Waals surface area contributed by atoms with Crippen LogP contribution in [-0.2, 0) is 16.1 Å². The second-order valence-electron chi connectivity index (χ2n) is 9.33. The van der Waals surface area contributed by atoms with Crippen LogP contribution in [0.3, 0.4) is 0 Å². The van der Waals surface area contributed by atoms with E-state index in [0.717, 1.165) is 49.0 Å². The summed E-state index contributed by atoms with van der Waals surface area (Å²) in [5.74, 6) is -0.382. The molecule has 184 valence electrons. The smallest absolute Gasteiger partial charge is 0.313 e. The zero-order chi connectivity index (χ0) is 24.8. The number of aryl methyl sites for hydroxylation is 1. The molecule has 1 aliphatic heterocycles. The minimum Gasteiger partial charge on any atom is -0.469 e. The summed E-state index contributed by atoms with van der Waals surface area (Å²) in [6.45, 7) is 6.18. The van der Waals surface area contributed by atoms with Crippen LogP contribution in [-0.4, -0.2) is 35.7 Å². The summed E-state index contributed by atoms with van der Waals surface area (Å²) in [5, 5.41) is 0. The minimum atomic E-state index is -0.668. The van der Waals surface area contributed by atoms with E-state index in [9.17, 15) is 9.59 Å². The largest absolute Gasteiger partial charge is 0.469 e. The topological polar surface area (TPSA) is 64.4 Å². The second kappa shape index (κ2) is 11.3. The Morgan fingerprint density at radius 1 is 1.03 bits per heavy atom. The van der Waals surface area contributed by atoms with Crippen molar-refractivity contribution in [2.45, 2.75) is 58.4 Å². The summed E-state index contributed by atoms with van der Waals surface area (Å²) in [6.07, 6.45) is 4.60. The quantitative estimate of drug-likeness (QED) is 0.415. The summed E-state index contributed by atoms with van der Waals surface area (Å²) >= 11 is 0. The lowest BCUT2D eigenvalue weighted by atomic mass is 9.91. The third-order valence-electron chi connectivity index (χ3n) is 6.74. The van der Waals surface area contributed by atoms with Gasteiger partial charge in [0.1, 0.15) is 0 Å². The third kappa shape index (κ3) is 5.47. The number of carbonyl (C=O) groups is 1. The summed E-state index contributed by atoms with van der Waals surface area (Å²) in [5.41, 5.74) is 3.85. The van der Waals surface area contributed by atoms with Gasteiger partial charge >= 0.3 is 5.97 Å². The Hall–Kier alpha value is -3.41. The highest BCUT2D eigenvalue weighted by molar-refractivity contribution is 5.81. The van der Waals surface area contributed by atoms with Crippen LogP contribution >= 0.6 is 0 Å². The van der Waals surface area contributed by atoms with E-state index in [2.05, 4.69) is 4.90 Å². The van der Waals surface area contributed by atoms with Gasteiger partial charge in [-0.3, -0.25) is 14.2 Å². The Kier molecular flexibility index (Phi) is 8.01. The molecule has 0 saturated carbocycles. The Balaban J connectivity index is 1.99. The lowest BCUT2D eigenvalue weighted by Crippen LogP contribution is -2.39.